The molecule has 5 nitrogen and oxygen atoms in total. The summed E-state index contributed by atoms with van der Waals surface area (Å²) in [4.78, 5) is 28.6. The minimum atomic E-state index is -2.54. The zero-order valence-corrected chi connectivity index (χ0v) is 15.5. The van der Waals surface area contributed by atoms with Crippen molar-refractivity contribution in [2.45, 2.75) is 69.8 Å². The van der Waals surface area contributed by atoms with Crippen LogP contribution in [0.25, 0.3) is 0 Å². The average Bonchev–Trinajstić information content (AvgIpc) is 2.67. The lowest BCUT2D eigenvalue weighted by Crippen LogP contribution is -2.54. The highest BCUT2D eigenvalue weighted by molar-refractivity contribution is 5.80. The molecule has 0 atom stereocenters. The van der Waals surface area contributed by atoms with E-state index in [-0.39, 0.29) is 43.2 Å². The number of alkyl halides is 2. The van der Waals surface area contributed by atoms with Crippen LogP contribution >= 0.6 is 0 Å². The van der Waals surface area contributed by atoms with Gasteiger partial charge in [0.1, 0.15) is 0 Å². The topological polar surface area (TPSA) is 52.7 Å². The van der Waals surface area contributed by atoms with Gasteiger partial charge in [0, 0.05) is 51.0 Å². The van der Waals surface area contributed by atoms with Crippen molar-refractivity contribution in [1.82, 2.24) is 15.1 Å². The highest BCUT2D eigenvalue weighted by Crippen LogP contribution is 2.33. The molecule has 148 valence electrons. The van der Waals surface area contributed by atoms with Gasteiger partial charge in [0.05, 0.1) is 6.54 Å². The third-order valence-corrected chi connectivity index (χ3v) is 6.16. The molecule has 0 bridgehead atoms. The summed E-state index contributed by atoms with van der Waals surface area (Å²) >= 11 is 0. The predicted octanol–water partition coefficient (Wildman–Crippen LogP) is 2.41. The number of hydrogen-bond donors (Lipinski definition) is 1. The quantitative estimate of drug-likeness (QED) is 0.826. The Morgan fingerprint density at radius 3 is 2.08 bits per heavy atom. The fourth-order valence-electron chi connectivity index (χ4n) is 4.37. The summed E-state index contributed by atoms with van der Waals surface area (Å²) in [5.41, 5.74) is 0. The molecule has 3 aliphatic rings. The summed E-state index contributed by atoms with van der Waals surface area (Å²) < 4.78 is 26.3. The maximum Gasteiger partial charge on any atom is 0.248 e. The lowest BCUT2D eigenvalue weighted by Gasteiger charge is -2.37. The van der Waals surface area contributed by atoms with Gasteiger partial charge in [-0.3, -0.25) is 9.59 Å². The summed E-state index contributed by atoms with van der Waals surface area (Å²) in [5.74, 6) is -2.09. The predicted molar refractivity (Wildman–Crippen MR) is 94.9 cm³/mol. The molecule has 0 radical (unpaired) electrons. The van der Waals surface area contributed by atoms with E-state index in [9.17, 15) is 18.4 Å². The van der Waals surface area contributed by atoms with Gasteiger partial charge in [-0.1, -0.05) is 19.3 Å². The molecule has 1 heterocycles. The number of amides is 2. The third-order valence-electron chi connectivity index (χ3n) is 6.16. The van der Waals surface area contributed by atoms with E-state index in [1.165, 1.54) is 6.42 Å². The number of nitrogens with one attached hydrogen (secondary N) is 1. The minimum Gasteiger partial charge on any atom is -0.339 e. The van der Waals surface area contributed by atoms with E-state index in [1.807, 2.05) is 4.90 Å². The van der Waals surface area contributed by atoms with E-state index in [4.69, 9.17) is 0 Å². The molecule has 0 aromatic rings. The van der Waals surface area contributed by atoms with Crippen LogP contribution in [0, 0.1) is 5.92 Å². The molecule has 0 unspecified atom stereocenters. The maximum atomic E-state index is 13.2. The number of halogens is 2. The van der Waals surface area contributed by atoms with Crippen molar-refractivity contribution in [2.75, 3.05) is 32.7 Å². The minimum absolute atomic E-state index is 0.00657. The fourth-order valence-corrected chi connectivity index (χ4v) is 4.37. The highest BCUT2D eigenvalue weighted by atomic mass is 19.3. The summed E-state index contributed by atoms with van der Waals surface area (Å²) in [6.45, 7) is 2.56. The zero-order valence-electron chi connectivity index (χ0n) is 15.5. The summed E-state index contributed by atoms with van der Waals surface area (Å²) in [7, 11) is 0. The first-order valence-corrected chi connectivity index (χ1v) is 10.1. The Hall–Kier alpha value is -1.24. The van der Waals surface area contributed by atoms with Gasteiger partial charge >= 0.3 is 0 Å². The molecule has 0 aromatic carbocycles. The van der Waals surface area contributed by atoms with Crippen molar-refractivity contribution < 1.29 is 18.4 Å². The number of rotatable bonds is 4. The van der Waals surface area contributed by atoms with E-state index in [0.717, 1.165) is 25.7 Å². The van der Waals surface area contributed by atoms with Crippen molar-refractivity contribution in [3.05, 3.63) is 0 Å². The van der Waals surface area contributed by atoms with Gasteiger partial charge in [-0.15, -0.1) is 0 Å². The Kier molecular flexibility index (Phi) is 6.48. The van der Waals surface area contributed by atoms with E-state index < -0.39 is 5.92 Å². The molecule has 0 spiro atoms. The Balaban J connectivity index is 1.36. The second-order valence-corrected chi connectivity index (χ2v) is 8.05. The van der Waals surface area contributed by atoms with Crippen molar-refractivity contribution in [2.24, 2.45) is 5.92 Å². The lowest BCUT2D eigenvalue weighted by molar-refractivity contribution is -0.142. The van der Waals surface area contributed by atoms with Crippen LogP contribution in [0.15, 0.2) is 0 Å². The first-order valence-electron chi connectivity index (χ1n) is 10.1. The molecular weight excluding hydrogens is 340 g/mol. The van der Waals surface area contributed by atoms with Gasteiger partial charge in [-0.2, -0.15) is 0 Å². The van der Waals surface area contributed by atoms with Gasteiger partial charge in [-0.25, -0.2) is 8.78 Å². The first kappa shape index (κ1) is 19.5. The molecule has 1 N–H and O–H groups in total. The van der Waals surface area contributed by atoms with Crippen LogP contribution in [-0.4, -0.2) is 66.3 Å². The van der Waals surface area contributed by atoms with Crippen LogP contribution in [0.2, 0.25) is 0 Å². The molecule has 2 saturated carbocycles. The standard InChI is InChI=1S/C19H31F2N3O2/c20-19(21)8-6-16(7-9-19)22-14-17(25)23-10-12-24(13-11-23)18(26)15-4-2-1-3-5-15/h15-16,22H,1-14H2. The van der Waals surface area contributed by atoms with Crippen molar-refractivity contribution >= 4 is 11.8 Å². The summed E-state index contributed by atoms with van der Waals surface area (Å²) in [6.07, 6.45) is 6.18. The first-order chi connectivity index (χ1) is 12.4. The smallest absolute Gasteiger partial charge is 0.248 e. The summed E-state index contributed by atoms with van der Waals surface area (Å²) in [5, 5.41) is 3.14. The molecule has 7 heteroatoms. The van der Waals surface area contributed by atoms with Crippen LogP contribution in [0.5, 0.6) is 0 Å². The van der Waals surface area contributed by atoms with Gasteiger partial charge in [0.15, 0.2) is 0 Å². The largest absolute Gasteiger partial charge is 0.339 e. The van der Waals surface area contributed by atoms with Crippen LogP contribution in [0.3, 0.4) is 0 Å². The van der Waals surface area contributed by atoms with Crippen LogP contribution in [-0.2, 0) is 9.59 Å². The van der Waals surface area contributed by atoms with E-state index >= 15 is 0 Å². The van der Waals surface area contributed by atoms with Crippen LogP contribution in [0.4, 0.5) is 8.78 Å². The Morgan fingerprint density at radius 1 is 0.885 bits per heavy atom. The number of carbonyl (C=O) groups excluding carboxylic acids is 2. The van der Waals surface area contributed by atoms with E-state index in [0.29, 0.717) is 39.0 Å². The average molecular weight is 371 g/mol. The molecule has 26 heavy (non-hydrogen) atoms. The monoisotopic (exact) mass is 371 g/mol. The Bertz CT molecular complexity index is 491. The van der Waals surface area contributed by atoms with Crippen molar-refractivity contribution in [3.8, 4) is 0 Å². The molecule has 3 fully saturated rings. The van der Waals surface area contributed by atoms with Crippen LogP contribution < -0.4 is 5.32 Å². The SMILES string of the molecule is O=C(CNC1CCC(F)(F)CC1)N1CCN(C(=O)C2CCCCC2)CC1. The lowest BCUT2D eigenvalue weighted by atomic mass is 9.88. The molecule has 1 saturated heterocycles. The van der Waals surface area contributed by atoms with E-state index in [2.05, 4.69) is 5.32 Å². The highest BCUT2D eigenvalue weighted by Gasteiger charge is 2.35. The van der Waals surface area contributed by atoms with Gasteiger partial charge < -0.3 is 15.1 Å². The molecular formula is C19H31F2N3O2. The van der Waals surface area contributed by atoms with Gasteiger partial charge in [-0.05, 0) is 25.7 Å². The molecule has 0 aromatic heterocycles. The Labute approximate surface area is 154 Å². The zero-order chi connectivity index (χ0) is 18.6. The van der Waals surface area contributed by atoms with Gasteiger partial charge in [0.2, 0.25) is 17.7 Å². The second-order valence-electron chi connectivity index (χ2n) is 8.05. The fraction of sp³-hybridized carbons (Fsp3) is 0.895. The number of piperazine rings is 1. The normalized spacial score (nSPS) is 25.3. The summed E-state index contributed by atoms with van der Waals surface area (Å²) in [6, 6.07) is 0.00717. The number of hydrogen-bond acceptors (Lipinski definition) is 3. The number of carbonyl (C=O) groups is 2. The van der Waals surface area contributed by atoms with Gasteiger partial charge in [0.25, 0.3) is 0 Å². The molecule has 2 amide bonds. The third kappa shape index (κ3) is 5.15. The molecule has 2 aliphatic carbocycles. The maximum absolute atomic E-state index is 13.2. The Morgan fingerprint density at radius 2 is 1.46 bits per heavy atom. The molecule has 3 rings (SSSR count). The molecule has 1 aliphatic heterocycles. The van der Waals surface area contributed by atoms with Crippen molar-refractivity contribution in [1.29, 1.82) is 0 Å². The second kappa shape index (κ2) is 8.63. The van der Waals surface area contributed by atoms with Crippen molar-refractivity contribution in [3.63, 3.8) is 0 Å². The van der Waals surface area contributed by atoms with E-state index in [1.54, 1.807) is 4.90 Å². The van der Waals surface area contributed by atoms with Crippen LogP contribution in [0.1, 0.15) is 57.8 Å². The number of nitrogens with zero attached hydrogens (tertiary/aromatic N) is 2.